The molecule has 35 heavy (non-hydrogen) atoms. The second-order valence-corrected chi connectivity index (χ2v) is 7.94. The van der Waals surface area contributed by atoms with E-state index in [-0.39, 0.29) is 18.1 Å². The van der Waals surface area contributed by atoms with Crippen LogP contribution in [0.2, 0.25) is 0 Å². The monoisotopic (exact) mass is 465 g/mol. The largest absolute Gasteiger partial charge is 0.369 e. The third kappa shape index (κ3) is 6.27. The van der Waals surface area contributed by atoms with Crippen molar-refractivity contribution in [2.45, 2.75) is 19.4 Å². The summed E-state index contributed by atoms with van der Waals surface area (Å²) in [6.07, 6.45) is 4.20. The molecule has 2 aromatic carbocycles. The number of nitrogens with zero attached hydrogens (tertiary/aromatic N) is 3. The summed E-state index contributed by atoms with van der Waals surface area (Å²) in [5.41, 5.74) is 4.49. The van der Waals surface area contributed by atoms with E-state index in [9.17, 15) is 14.4 Å². The van der Waals surface area contributed by atoms with Gasteiger partial charge in [0.2, 0.25) is 0 Å². The minimum atomic E-state index is -0.285. The van der Waals surface area contributed by atoms with Crippen molar-refractivity contribution in [3.63, 3.8) is 0 Å². The first-order valence-corrected chi connectivity index (χ1v) is 11.3. The van der Waals surface area contributed by atoms with E-state index in [0.29, 0.717) is 36.6 Å². The lowest BCUT2D eigenvalue weighted by Gasteiger charge is -2.14. The quantitative estimate of drug-likeness (QED) is 0.366. The Balaban J connectivity index is 1.59. The first-order valence-electron chi connectivity index (χ1n) is 11.3. The zero-order valence-corrected chi connectivity index (χ0v) is 19.0. The summed E-state index contributed by atoms with van der Waals surface area (Å²) < 4.78 is 13.5. The van der Waals surface area contributed by atoms with Crippen molar-refractivity contribution >= 4 is 11.7 Å². The Morgan fingerprint density at radius 1 is 1.00 bits per heavy atom. The number of hydrogen-bond donors (Lipinski definition) is 2. The molecular weight excluding hydrogens is 441 g/mol. The third-order valence-corrected chi connectivity index (χ3v) is 5.47. The molecule has 0 aliphatic heterocycles. The highest BCUT2D eigenvalue weighted by Gasteiger charge is 2.16. The van der Waals surface area contributed by atoms with Crippen molar-refractivity contribution in [2.24, 2.45) is 0 Å². The molecule has 0 saturated carbocycles. The molecule has 2 aromatic heterocycles. The number of halogens is 1. The molecule has 0 radical (unpaired) electrons. The first-order chi connectivity index (χ1) is 17.1. The average Bonchev–Trinajstić information content (AvgIpc) is 2.88. The second kappa shape index (κ2) is 11.5. The molecule has 4 rings (SSSR count). The fourth-order valence-electron chi connectivity index (χ4n) is 3.73. The molecule has 0 spiro atoms. The Labute approximate surface area is 203 Å². The molecule has 7 heteroatoms. The topological polar surface area (TPSA) is 90.7 Å². The zero-order valence-electron chi connectivity index (χ0n) is 19.0. The molecule has 1 amide bonds. The van der Waals surface area contributed by atoms with Crippen molar-refractivity contribution in [3.05, 3.63) is 113 Å². The van der Waals surface area contributed by atoms with Gasteiger partial charge >= 0.3 is 0 Å². The maximum atomic E-state index is 13.5. The zero-order chi connectivity index (χ0) is 24.5. The molecule has 0 fully saturated rings. The highest BCUT2D eigenvalue weighted by atomic mass is 19.1. The standard InChI is InChI=1S/C28H24FN5O/c29-23-8-3-5-20(17-23)13-16-32-27-25(28(35)33-19-21-6-4-15-31-18-21)10-11-26(34-27)24-9-2-1-7-22(24)12-14-30/h1-11,15,17-18H,12-13,16,19H2,(H,32,34)(H,33,35). The van der Waals surface area contributed by atoms with Crippen LogP contribution in [0, 0.1) is 17.1 Å². The Bertz CT molecular complexity index is 1350. The predicted octanol–water partition coefficient (Wildman–Crippen LogP) is 4.93. The van der Waals surface area contributed by atoms with Gasteiger partial charge in [0, 0.05) is 31.0 Å². The highest BCUT2D eigenvalue weighted by Crippen LogP contribution is 2.26. The number of pyridine rings is 2. The van der Waals surface area contributed by atoms with Crippen LogP contribution in [0.1, 0.15) is 27.0 Å². The van der Waals surface area contributed by atoms with Crippen LogP contribution in [0.4, 0.5) is 10.2 Å². The molecule has 2 heterocycles. The highest BCUT2D eigenvalue weighted by molar-refractivity contribution is 5.99. The molecule has 6 nitrogen and oxygen atoms in total. The third-order valence-electron chi connectivity index (χ3n) is 5.47. The number of nitriles is 1. The maximum Gasteiger partial charge on any atom is 0.255 e. The lowest BCUT2D eigenvalue weighted by Crippen LogP contribution is -2.25. The smallest absolute Gasteiger partial charge is 0.255 e. The number of carbonyl (C=O) groups excluding carboxylic acids is 1. The van der Waals surface area contributed by atoms with Gasteiger partial charge in [0.05, 0.1) is 23.7 Å². The van der Waals surface area contributed by atoms with E-state index in [1.807, 2.05) is 42.5 Å². The van der Waals surface area contributed by atoms with Crippen molar-refractivity contribution < 1.29 is 9.18 Å². The van der Waals surface area contributed by atoms with Gasteiger partial charge in [0.15, 0.2) is 0 Å². The molecule has 4 aromatic rings. The van der Waals surface area contributed by atoms with Crippen LogP contribution in [-0.4, -0.2) is 22.4 Å². The Morgan fingerprint density at radius 3 is 2.66 bits per heavy atom. The van der Waals surface area contributed by atoms with Gasteiger partial charge in [-0.15, -0.1) is 0 Å². The van der Waals surface area contributed by atoms with Gasteiger partial charge in [-0.2, -0.15) is 5.26 Å². The predicted molar refractivity (Wildman–Crippen MR) is 133 cm³/mol. The lowest BCUT2D eigenvalue weighted by atomic mass is 10.0. The van der Waals surface area contributed by atoms with E-state index >= 15 is 0 Å². The van der Waals surface area contributed by atoms with E-state index in [0.717, 1.165) is 22.3 Å². The number of nitrogens with one attached hydrogen (secondary N) is 2. The van der Waals surface area contributed by atoms with E-state index in [1.165, 1.54) is 12.1 Å². The van der Waals surface area contributed by atoms with Crippen LogP contribution in [0.5, 0.6) is 0 Å². The number of anilines is 1. The minimum Gasteiger partial charge on any atom is -0.369 e. The number of hydrogen-bond acceptors (Lipinski definition) is 5. The van der Waals surface area contributed by atoms with Crippen molar-refractivity contribution in [3.8, 4) is 17.3 Å². The van der Waals surface area contributed by atoms with E-state index in [1.54, 1.807) is 30.6 Å². The summed E-state index contributed by atoms with van der Waals surface area (Å²) >= 11 is 0. The number of aromatic nitrogens is 2. The Kier molecular flexibility index (Phi) is 7.77. The molecule has 0 saturated heterocycles. The van der Waals surface area contributed by atoms with Gasteiger partial charge < -0.3 is 10.6 Å². The summed E-state index contributed by atoms with van der Waals surface area (Å²) in [4.78, 5) is 21.8. The summed E-state index contributed by atoms with van der Waals surface area (Å²) in [5, 5.41) is 15.4. The Morgan fingerprint density at radius 2 is 1.86 bits per heavy atom. The normalized spacial score (nSPS) is 10.4. The SMILES string of the molecule is N#CCc1ccccc1-c1ccc(C(=O)NCc2cccnc2)c(NCCc2cccc(F)c2)n1. The van der Waals surface area contributed by atoms with Gasteiger partial charge in [0.1, 0.15) is 11.6 Å². The molecule has 174 valence electrons. The maximum absolute atomic E-state index is 13.5. The van der Waals surface area contributed by atoms with Crippen LogP contribution in [-0.2, 0) is 19.4 Å². The summed E-state index contributed by atoms with van der Waals surface area (Å²) in [5.74, 6) is -0.131. The average molecular weight is 466 g/mol. The van der Waals surface area contributed by atoms with Gasteiger partial charge in [-0.25, -0.2) is 9.37 Å². The van der Waals surface area contributed by atoms with Crippen LogP contribution in [0.15, 0.2) is 85.2 Å². The Hall–Kier alpha value is -4.57. The van der Waals surface area contributed by atoms with Gasteiger partial charge in [0.25, 0.3) is 5.91 Å². The number of carbonyl (C=O) groups is 1. The number of rotatable bonds is 9. The fourth-order valence-corrected chi connectivity index (χ4v) is 3.73. The summed E-state index contributed by atoms with van der Waals surface area (Å²) in [6.45, 7) is 0.796. The molecule has 0 unspecified atom stereocenters. The summed E-state index contributed by atoms with van der Waals surface area (Å²) in [6, 6.07) is 23.4. The van der Waals surface area contributed by atoms with Crippen LogP contribution < -0.4 is 10.6 Å². The van der Waals surface area contributed by atoms with Crippen LogP contribution in [0.3, 0.4) is 0 Å². The molecule has 0 aliphatic carbocycles. The van der Waals surface area contributed by atoms with Gasteiger partial charge in [-0.05, 0) is 53.4 Å². The second-order valence-electron chi connectivity index (χ2n) is 7.94. The molecule has 0 aliphatic rings. The van der Waals surface area contributed by atoms with E-state index in [2.05, 4.69) is 21.7 Å². The van der Waals surface area contributed by atoms with Crippen molar-refractivity contribution in [1.29, 1.82) is 5.26 Å². The molecular formula is C28H24FN5O. The fraction of sp³-hybridized carbons (Fsp3) is 0.143. The lowest BCUT2D eigenvalue weighted by molar-refractivity contribution is 0.0951. The summed E-state index contributed by atoms with van der Waals surface area (Å²) in [7, 11) is 0. The van der Waals surface area contributed by atoms with Crippen LogP contribution in [0.25, 0.3) is 11.3 Å². The first kappa shape index (κ1) is 23.6. The number of amides is 1. The van der Waals surface area contributed by atoms with E-state index in [4.69, 9.17) is 4.98 Å². The van der Waals surface area contributed by atoms with Gasteiger partial charge in [-0.1, -0.05) is 42.5 Å². The minimum absolute atomic E-state index is 0.257. The molecule has 0 atom stereocenters. The van der Waals surface area contributed by atoms with Crippen molar-refractivity contribution in [1.82, 2.24) is 15.3 Å². The number of benzene rings is 2. The van der Waals surface area contributed by atoms with Gasteiger partial charge in [-0.3, -0.25) is 9.78 Å². The molecule has 2 N–H and O–H groups in total. The van der Waals surface area contributed by atoms with Crippen LogP contribution >= 0.6 is 0 Å². The van der Waals surface area contributed by atoms with Crippen molar-refractivity contribution in [2.75, 3.05) is 11.9 Å². The van der Waals surface area contributed by atoms with E-state index < -0.39 is 0 Å². The molecule has 0 bridgehead atoms.